The highest BCUT2D eigenvalue weighted by atomic mass is 16.2. The van der Waals surface area contributed by atoms with Crippen molar-refractivity contribution in [3.05, 3.63) is 59.2 Å². The van der Waals surface area contributed by atoms with Crippen LogP contribution in [0.25, 0.3) is 10.9 Å². The van der Waals surface area contributed by atoms with Gasteiger partial charge in [-0.25, -0.2) is 0 Å². The Hall–Kier alpha value is -3.19. The van der Waals surface area contributed by atoms with Crippen molar-refractivity contribution in [2.24, 2.45) is 7.05 Å². The molecule has 3 aromatic rings. The Balaban J connectivity index is 1.37. The molecule has 0 saturated carbocycles. The van der Waals surface area contributed by atoms with Crippen molar-refractivity contribution < 1.29 is 9.59 Å². The second-order valence-corrected chi connectivity index (χ2v) is 9.15. The van der Waals surface area contributed by atoms with E-state index in [4.69, 9.17) is 0 Å². The van der Waals surface area contributed by atoms with Crippen LogP contribution in [0.3, 0.4) is 0 Å². The number of anilines is 1. The predicted octanol–water partition coefficient (Wildman–Crippen LogP) is 3.37. The minimum atomic E-state index is -0.157. The van der Waals surface area contributed by atoms with Crippen molar-refractivity contribution in [1.82, 2.24) is 19.6 Å². The molecular formula is C25H29N5O2. The number of hydrogen-bond acceptors (Lipinski definition) is 4. The molecule has 2 atom stereocenters. The number of rotatable bonds is 3. The Kier molecular flexibility index (Phi) is 5.21. The van der Waals surface area contributed by atoms with Crippen LogP contribution >= 0.6 is 0 Å². The highest BCUT2D eigenvalue weighted by Gasteiger charge is 2.32. The van der Waals surface area contributed by atoms with Crippen LogP contribution in [0.2, 0.25) is 0 Å². The number of aryl methyl sites for hydroxylation is 1. The van der Waals surface area contributed by atoms with Gasteiger partial charge in [-0.2, -0.15) is 5.10 Å². The van der Waals surface area contributed by atoms with E-state index in [1.54, 1.807) is 4.68 Å². The van der Waals surface area contributed by atoms with E-state index < -0.39 is 0 Å². The van der Waals surface area contributed by atoms with E-state index in [0.29, 0.717) is 23.7 Å². The van der Waals surface area contributed by atoms with Crippen molar-refractivity contribution in [3.63, 3.8) is 0 Å². The molecule has 2 aliphatic heterocycles. The number of fused-ring (bicyclic) bond motifs is 2. The zero-order chi connectivity index (χ0) is 22.4. The molecule has 3 heterocycles. The van der Waals surface area contributed by atoms with Crippen LogP contribution in [0, 0.1) is 0 Å². The molecule has 1 aromatic heterocycles. The molecule has 2 amide bonds. The molecule has 1 N–H and O–H groups in total. The number of benzene rings is 2. The molecule has 32 heavy (non-hydrogen) atoms. The number of carbonyl (C=O) groups excluding carboxylic acids is 2. The van der Waals surface area contributed by atoms with Gasteiger partial charge in [0, 0.05) is 57.1 Å². The van der Waals surface area contributed by atoms with E-state index in [1.165, 1.54) is 11.1 Å². The lowest BCUT2D eigenvalue weighted by Gasteiger charge is -2.41. The number of hydrogen-bond donors (Lipinski definition) is 1. The lowest BCUT2D eigenvalue weighted by molar-refractivity contribution is -0.134. The Morgan fingerprint density at radius 3 is 2.78 bits per heavy atom. The summed E-state index contributed by atoms with van der Waals surface area (Å²) in [5.74, 6) is 1.00. The summed E-state index contributed by atoms with van der Waals surface area (Å²) < 4.78 is 1.78. The van der Waals surface area contributed by atoms with Crippen LogP contribution in [0.15, 0.2) is 42.5 Å². The maximum Gasteiger partial charge on any atom is 0.256 e. The molecule has 1 fully saturated rings. The quantitative estimate of drug-likeness (QED) is 0.690. The van der Waals surface area contributed by atoms with Gasteiger partial charge in [0.2, 0.25) is 5.91 Å². The maximum atomic E-state index is 13.1. The van der Waals surface area contributed by atoms with E-state index in [2.05, 4.69) is 28.3 Å². The molecule has 166 valence electrons. The van der Waals surface area contributed by atoms with Crippen molar-refractivity contribution in [2.45, 2.75) is 38.3 Å². The molecule has 7 nitrogen and oxygen atoms in total. The average Bonchev–Trinajstić information content (AvgIpc) is 3.10. The lowest BCUT2D eigenvalue weighted by Crippen LogP contribution is -2.48. The van der Waals surface area contributed by atoms with Gasteiger partial charge in [0.15, 0.2) is 5.82 Å². The first-order valence-corrected chi connectivity index (χ1v) is 11.2. The van der Waals surface area contributed by atoms with Gasteiger partial charge in [-0.15, -0.1) is 0 Å². The first-order chi connectivity index (χ1) is 15.4. The van der Waals surface area contributed by atoms with E-state index in [1.807, 2.05) is 55.4 Å². The van der Waals surface area contributed by atoms with Gasteiger partial charge < -0.3 is 10.2 Å². The SMILES string of the molecule is CC1CN(C2CCN(C)C(=O)C2)Cc2cc(C(=O)Nc3nn(C)c4ccccc34)ccc21. The maximum absolute atomic E-state index is 13.1. The zero-order valence-electron chi connectivity index (χ0n) is 18.8. The Bertz CT molecular complexity index is 1200. The van der Waals surface area contributed by atoms with E-state index in [-0.39, 0.29) is 17.9 Å². The third kappa shape index (κ3) is 3.66. The molecule has 1 saturated heterocycles. The van der Waals surface area contributed by atoms with Crippen LogP contribution in [0.1, 0.15) is 47.2 Å². The minimum Gasteiger partial charge on any atom is -0.346 e. The van der Waals surface area contributed by atoms with E-state index >= 15 is 0 Å². The largest absolute Gasteiger partial charge is 0.346 e. The smallest absolute Gasteiger partial charge is 0.256 e. The van der Waals surface area contributed by atoms with Crippen LogP contribution in [-0.4, -0.2) is 57.6 Å². The standard InChI is InChI=1S/C25H29N5O2/c1-16-14-30(19-10-11-28(2)23(31)13-19)15-18-12-17(8-9-20(16)18)25(32)26-24-21-6-4-5-7-22(21)29(3)27-24/h4-9,12,16,19H,10-11,13-15H2,1-3H3,(H,26,27,32). The van der Waals surface area contributed by atoms with Gasteiger partial charge in [0.25, 0.3) is 5.91 Å². The normalized spacial score (nSPS) is 21.6. The molecule has 2 unspecified atom stereocenters. The van der Waals surface area contributed by atoms with Gasteiger partial charge in [0.05, 0.1) is 5.52 Å². The fraction of sp³-hybridized carbons (Fsp3) is 0.400. The molecule has 7 heteroatoms. The van der Waals surface area contributed by atoms with Gasteiger partial charge in [-0.1, -0.05) is 25.1 Å². The second kappa shape index (κ2) is 8.06. The Labute approximate surface area is 188 Å². The van der Waals surface area contributed by atoms with Gasteiger partial charge in [-0.05, 0) is 47.7 Å². The highest BCUT2D eigenvalue weighted by molar-refractivity contribution is 6.08. The fourth-order valence-corrected chi connectivity index (χ4v) is 5.10. The summed E-state index contributed by atoms with van der Waals surface area (Å²) in [6.07, 6.45) is 1.57. The van der Waals surface area contributed by atoms with Crippen molar-refractivity contribution in [2.75, 3.05) is 25.5 Å². The number of likely N-dealkylation sites (tertiary alicyclic amines) is 1. The summed E-state index contributed by atoms with van der Waals surface area (Å²) in [5.41, 5.74) is 4.08. The van der Waals surface area contributed by atoms with Crippen LogP contribution in [0.4, 0.5) is 5.82 Å². The van der Waals surface area contributed by atoms with Crippen molar-refractivity contribution in [1.29, 1.82) is 0 Å². The molecule has 0 radical (unpaired) electrons. The number of nitrogens with zero attached hydrogens (tertiary/aromatic N) is 4. The predicted molar refractivity (Wildman–Crippen MR) is 125 cm³/mol. The molecule has 0 spiro atoms. The third-order valence-electron chi connectivity index (χ3n) is 6.96. The number of para-hydroxylation sites is 1. The van der Waals surface area contributed by atoms with Crippen molar-refractivity contribution >= 4 is 28.5 Å². The van der Waals surface area contributed by atoms with Crippen molar-refractivity contribution in [3.8, 4) is 0 Å². The second-order valence-electron chi connectivity index (χ2n) is 9.15. The molecule has 2 aliphatic rings. The first-order valence-electron chi connectivity index (χ1n) is 11.2. The number of aromatic nitrogens is 2. The number of amides is 2. The van der Waals surface area contributed by atoms with Gasteiger partial charge in [-0.3, -0.25) is 19.2 Å². The Morgan fingerprint density at radius 2 is 1.97 bits per heavy atom. The number of piperidine rings is 1. The molecule has 2 aromatic carbocycles. The van der Waals surface area contributed by atoms with Crippen LogP contribution < -0.4 is 5.32 Å². The van der Waals surface area contributed by atoms with E-state index in [9.17, 15) is 9.59 Å². The Morgan fingerprint density at radius 1 is 1.16 bits per heavy atom. The zero-order valence-corrected chi connectivity index (χ0v) is 18.8. The highest BCUT2D eigenvalue weighted by Crippen LogP contribution is 2.32. The van der Waals surface area contributed by atoms with Gasteiger partial charge in [0.1, 0.15) is 0 Å². The van der Waals surface area contributed by atoms with Crippen LogP contribution in [0.5, 0.6) is 0 Å². The molecule has 0 bridgehead atoms. The minimum absolute atomic E-state index is 0.157. The lowest BCUT2D eigenvalue weighted by atomic mass is 9.87. The summed E-state index contributed by atoms with van der Waals surface area (Å²) in [5, 5.41) is 8.40. The summed E-state index contributed by atoms with van der Waals surface area (Å²) in [6.45, 7) is 4.75. The molecule has 0 aliphatic carbocycles. The van der Waals surface area contributed by atoms with Crippen LogP contribution in [-0.2, 0) is 18.4 Å². The summed E-state index contributed by atoms with van der Waals surface area (Å²) in [7, 11) is 3.75. The van der Waals surface area contributed by atoms with E-state index in [0.717, 1.165) is 37.0 Å². The fourth-order valence-electron chi connectivity index (χ4n) is 5.10. The average molecular weight is 432 g/mol. The summed E-state index contributed by atoms with van der Waals surface area (Å²) in [4.78, 5) is 29.5. The summed E-state index contributed by atoms with van der Waals surface area (Å²) >= 11 is 0. The molecule has 5 rings (SSSR count). The third-order valence-corrected chi connectivity index (χ3v) is 6.96. The van der Waals surface area contributed by atoms with Gasteiger partial charge >= 0.3 is 0 Å². The first kappa shape index (κ1) is 20.7. The summed E-state index contributed by atoms with van der Waals surface area (Å²) in [6, 6.07) is 14.1. The monoisotopic (exact) mass is 431 g/mol. The number of carbonyl (C=O) groups is 2. The topological polar surface area (TPSA) is 70.5 Å². The molecular weight excluding hydrogens is 402 g/mol. The number of nitrogens with one attached hydrogen (secondary N) is 1.